The molecule has 0 amide bonds. The van der Waals surface area contributed by atoms with Crippen molar-refractivity contribution in [3.8, 4) is 11.8 Å². The molecule has 7 nitrogen and oxygen atoms in total. The summed E-state index contributed by atoms with van der Waals surface area (Å²) in [5.41, 5.74) is 0.327. The maximum Gasteiger partial charge on any atom is 0.285 e. The Bertz CT molecular complexity index is 1310. The molecule has 1 N–H and O–H groups in total. The second-order valence-electron chi connectivity index (χ2n) is 8.01. The van der Waals surface area contributed by atoms with Gasteiger partial charge in [-0.25, -0.2) is 14.4 Å². The fourth-order valence-corrected chi connectivity index (χ4v) is 4.01. The lowest BCUT2D eigenvalue weighted by atomic mass is 9.90. The third-order valence-corrected chi connectivity index (χ3v) is 6.18. The molecule has 2 aromatic carbocycles. The lowest BCUT2D eigenvalue weighted by Gasteiger charge is -2.15. The van der Waals surface area contributed by atoms with Gasteiger partial charge in [0.2, 0.25) is 0 Å². The zero-order valence-electron chi connectivity index (χ0n) is 17.2. The Morgan fingerprint density at radius 3 is 2.78 bits per heavy atom. The van der Waals surface area contributed by atoms with Crippen molar-refractivity contribution in [3.05, 3.63) is 62.1 Å². The van der Waals surface area contributed by atoms with Gasteiger partial charge >= 0.3 is 0 Å². The molecule has 1 atom stereocenters. The van der Waals surface area contributed by atoms with E-state index in [0.717, 1.165) is 19.5 Å². The van der Waals surface area contributed by atoms with Gasteiger partial charge in [0.15, 0.2) is 5.82 Å². The largest absolute Gasteiger partial charge is 0.337 e. The quantitative estimate of drug-likeness (QED) is 0.236. The van der Waals surface area contributed by atoms with E-state index in [0.29, 0.717) is 10.9 Å². The predicted octanol–water partition coefficient (Wildman–Crippen LogP) is 5.42. The molecule has 0 aliphatic carbocycles. The SMILES string of the molecule is CN1CCC(C)(C#Cc2cc3ncnc(Nc4ccc(Cl)c(Cl)c4F)c3cc2[N+](=O)[O-])C1. The molecule has 1 aliphatic heterocycles. The van der Waals surface area contributed by atoms with Gasteiger partial charge < -0.3 is 10.2 Å². The number of hydrogen-bond acceptors (Lipinski definition) is 6. The average molecular weight is 474 g/mol. The van der Waals surface area contributed by atoms with Gasteiger partial charge in [-0.15, -0.1) is 0 Å². The number of nitrogens with zero attached hydrogens (tertiary/aromatic N) is 4. The van der Waals surface area contributed by atoms with Crippen LogP contribution < -0.4 is 5.32 Å². The van der Waals surface area contributed by atoms with Gasteiger partial charge in [0.1, 0.15) is 17.7 Å². The van der Waals surface area contributed by atoms with Gasteiger partial charge in [-0.05, 0) is 45.1 Å². The maximum absolute atomic E-state index is 14.5. The third-order valence-electron chi connectivity index (χ3n) is 5.40. The Labute approximate surface area is 193 Å². The molecule has 0 bridgehead atoms. The van der Waals surface area contributed by atoms with Crippen molar-refractivity contribution >= 4 is 51.3 Å². The Kier molecular flexibility index (Phi) is 5.91. The molecule has 2 heterocycles. The number of nitro benzene ring substituents is 1. The van der Waals surface area contributed by atoms with Crippen LogP contribution in [0.5, 0.6) is 0 Å². The van der Waals surface area contributed by atoms with Crippen LogP contribution in [0.1, 0.15) is 18.9 Å². The summed E-state index contributed by atoms with van der Waals surface area (Å²) in [4.78, 5) is 21.8. The van der Waals surface area contributed by atoms with E-state index in [1.54, 1.807) is 6.07 Å². The highest BCUT2D eigenvalue weighted by atomic mass is 35.5. The molecule has 0 spiro atoms. The predicted molar refractivity (Wildman–Crippen MR) is 123 cm³/mol. The molecular formula is C22H18Cl2FN5O2. The third kappa shape index (κ3) is 4.32. The van der Waals surface area contributed by atoms with Crippen molar-refractivity contribution in [3.63, 3.8) is 0 Å². The number of rotatable bonds is 3. The summed E-state index contributed by atoms with van der Waals surface area (Å²) in [6.45, 7) is 3.78. The van der Waals surface area contributed by atoms with E-state index in [1.807, 2.05) is 14.0 Å². The average Bonchev–Trinajstić information content (AvgIpc) is 3.11. The summed E-state index contributed by atoms with van der Waals surface area (Å²) in [5.74, 6) is 5.64. The molecule has 1 unspecified atom stereocenters. The van der Waals surface area contributed by atoms with E-state index in [2.05, 4.69) is 32.0 Å². The normalized spacial score (nSPS) is 18.4. The number of likely N-dealkylation sites (tertiary alicyclic amines) is 1. The van der Waals surface area contributed by atoms with Crippen molar-refractivity contribution < 1.29 is 9.31 Å². The first-order chi connectivity index (χ1) is 15.2. The van der Waals surface area contributed by atoms with Gasteiger partial charge in [0.25, 0.3) is 5.69 Å². The minimum atomic E-state index is -0.752. The Hall–Kier alpha value is -2.99. The van der Waals surface area contributed by atoms with Gasteiger partial charge in [-0.3, -0.25) is 10.1 Å². The first-order valence-electron chi connectivity index (χ1n) is 9.72. The number of nitrogens with one attached hydrogen (secondary N) is 1. The van der Waals surface area contributed by atoms with E-state index in [-0.39, 0.29) is 38.2 Å². The summed E-state index contributed by atoms with van der Waals surface area (Å²) < 4.78 is 14.5. The summed E-state index contributed by atoms with van der Waals surface area (Å²) in [6.07, 6.45) is 2.18. The molecule has 0 saturated carbocycles. The Morgan fingerprint density at radius 2 is 2.09 bits per heavy atom. The lowest BCUT2D eigenvalue weighted by molar-refractivity contribution is -0.385. The smallest absolute Gasteiger partial charge is 0.285 e. The summed E-state index contributed by atoms with van der Waals surface area (Å²) in [5, 5.41) is 14.8. The zero-order valence-corrected chi connectivity index (χ0v) is 18.8. The van der Waals surface area contributed by atoms with Crippen LogP contribution in [0.4, 0.5) is 21.6 Å². The van der Waals surface area contributed by atoms with Crippen LogP contribution in [0.25, 0.3) is 10.9 Å². The van der Waals surface area contributed by atoms with Crippen LogP contribution in [0.2, 0.25) is 10.0 Å². The second kappa shape index (κ2) is 8.51. The number of hydrogen-bond donors (Lipinski definition) is 1. The van der Waals surface area contributed by atoms with Crippen molar-refractivity contribution in [2.75, 3.05) is 25.5 Å². The Balaban J connectivity index is 1.78. The highest BCUT2D eigenvalue weighted by Gasteiger charge is 2.30. The number of nitro groups is 1. The molecule has 164 valence electrons. The summed E-state index contributed by atoms with van der Waals surface area (Å²) in [6, 6.07) is 5.75. The van der Waals surface area contributed by atoms with Crippen LogP contribution in [0.3, 0.4) is 0 Å². The van der Waals surface area contributed by atoms with Crippen molar-refractivity contribution in [2.45, 2.75) is 13.3 Å². The minimum Gasteiger partial charge on any atom is -0.337 e. The molecular weight excluding hydrogens is 456 g/mol. The molecule has 1 fully saturated rings. The van der Waals surface area contributed by atoms with Crippen LogP contribution in [-0.4, -0.2) is 39.9 Å². The van der Waals surface area contributed by atoms with Gasteiger partial charge in [-0.2, -0.15) is 0 Å². The first kappa shape index (κ1) is 22.2. The topological polar surface area (TPSA) is 84.2 Å². The van der Waals surface area contributed by atoms with Gasteiger partial charge in [0.05, 0.1) is 26.2 Å². The number of benzene rings is 2. The van der Waals surface area contributed by atoms with Crippen LogP contribution in [0.15, 0.2) is 30.6 Å². The number of aromatic nitrogens is 2. The lowest BCUT2D eigenvalue weighted by Crippen LogP contribution is -2.20. The second-order valence-corrected chi connectivity index (χ2v) is 8.80. The maximum atomic E-state index is 14.5. The summed E-state index contributed by atoms with van der Waals surface area (Å²) in [7, 11) is 2.02. The van der Waals surface area contributed by atoms with E-state index in [9.17, 15) is 14.5 Å². The van der Waals surface area contributed by atoms with E-state index in [4.69, 9.17) is 23.2 Å². The summed E-state index contributed by atoms with van der Waals surface area (Å²) >= 11 is 11.7. The number of anilines is 2. The zero-order chi connectivity index (χ0) is 23.0. The molecule has 32 heavy (non-hydrogen) atoms. The Morgan fingerprint density at radius 1 is 1.31 bits per heavy atom. The molecule has 10 heteroatoms. The standard InChI is InChI=1S/C22H18Cl2FN5O2/c1-22(7-8-29(2)11-22)6-5-13-9-17-14(10-18(13)30(31)32)21(27-12-26-17)28-16-4-3-15(23)19(24)20(16)25/h3-4,9-10,12H,7-8,11H2,1-2H3,(H,26,27,28). The van der Waals surface area contributed by atoms with Gasteiger partial charge in [-0.1, -0.05) is 35.0 Å². The van der Waals surface area contributed by atoms with Crippen LogP contribution in [0, 0.1) is 33.2 Å². The fraction of sp³-hybridized carbons (Fsp3) is 0.273. The van der Waals surface area contributed by atoms with Crippen LogP contribution in [-0.2, 0) is 0 Å². The number of fused-ring (bicyclic) bond motifs is 1. The molecule has 1 aromatic heterocycles. The minimum absolute atomic E-state index is 0.0317. The fourth-order valence-electron chi connectivity index (χ4n) is 3.70. The molecule has 0 radical (unpaired) electrons. The monoisotopic (exact) mass is 473 g/mol. The van der Waals surface area contributed by atoms with E-state index in [1.165, 1.54) is 24.5 Å². The van der Waals surface area contributed by atoms with E-state index < -0.39 is 10.7 Å². The molecule has 4 rings (SSSR count). The van der Waals surface area contributed by atoms with Crippen molar-refractivity contribution in [1.82, 2.24) is 14.9 Å². The molecule has 1 saturated heterocycles. The molecule has 3 aromatic rings. The van der Waals surface area contributed by atoms with Crippen molar-refractivity contribution in [2.24, 2.45) is 5.41 Å². The van der Waals surface area contributed by atoms with Gasteiger partial charge in [0, 0.05) is 23.4 Å². The van der Waals surface area contributed by atoms with E-state index >= 15 is 0 Å². The number of halogens is 3. The van der Waals surface area contributed by atoms with Crippen molar-refractivity contribution in [1.29, 1.82) is 0 Å². The highest BCUT2D eigenvalue weighted by Crippen LogP contribution is 2.34. The van der Waals surface area contributed by atoms with Crippen LogP contribution >= 0.6 is 23.2 Å². The molecule has 1 aliphatic rings. The highest BCUT2D eigenvalue weighted by molar-refractivity contribution is 6.42. The first-order valence-corrected chi connectivity index (χ1v) is 10.5.